The van der Waals surface area contributed by atoms with Crippen LogP contribution in [0.1, 0.15) is 29.8 Å². The second kappa shape index (κ2) is 5.25. The van der Waals surface area contributed by atoms with Crippen LogP contribution in [0.15, 0.2) is 22.7 Å². The Kier molecular flexibility index (Phi) is 4.24. The Bertz CT molecular complexity index is 424. The summed E-state index contributed by atoms with van der Waals surface area (Å²) in [5.41, 5.74) is 1.04. The number of rotatable bonds is 4. The van der Waals surface area contributed by atoms with Gasteiger partial charge in [-0.2, -0.15) is 0 Å². The van der Waals surface area contributed by atoms with Crippen molar-refractivity contribution in [2.24, 2.45) is 5.92 Å². The van der Waals surface area contributed by atoms with Crippen molar-refractivity contribution < 1.29 is 14.7 Å². The lowest BCUT2D eigenvalue weighted by Gasteiger charge is -2.06. The summed E-state index contributed by atoms with van der Waals surface area (Å²) < 4.78 is 0.508. The lowest BCUT2D eigenvalue weighted by Crippen LogP contribution is -2.10. The monoisotopic (exact) mass is 284 g/mol. The third-order valence-electron chi connectivity index (χ3n) is 2.29. The molecule has 0 saturated carbocycles. The summed E-state index contributed by atoms with van der Waals surface area (Å²) >= 11 is 3.18. The van der Waals surface area contributed by atoms with E-state index in [4.69, 9.17) is 5.11 Å². The molecule has 0 aliphatic heterocycles. The average molecular weight is 285 g/mol. The van der Waals surface area contributed by atoms with Crippen molar-refractivity contribution in [3.63, 3.8) is 0 Å². The summed E-state index contributed by atoms with van der Waals surface area (Å²) in [6, 6.07) is 4.87. The summed E-state index contributed by atoms with van der Waals surface area (Å²) in [5.74, 6) is -0.832. The van der Waals surface area contributed by atoms with Crippen LogP contribution in [-0.4, -0.2) is 16.9 Å². The predicted octanol–water partition coefficient (Wildman–Crippen LogP) is 2.91. The number of Topliss-reactive ketones (excluding diaryl/α,β-unsaturated/α-hetero) is 1. The molecule has 0 aliphatic carbocycles. The van der Waals surface area contributed by atoms with E-state index in [2.05, 4.69) is 15.9 Å². The number of benzene rings is 1. The molecule has 0 aromatic heterocycles. The number of carbonyl (C=O) groups excluding carboxylic acids is 1. The maximum Gasteiger partial charge on any atom is 0.336 e. The van der Waals surface area contributed by atoms with Crippen LogP contribution in [0, 0.1) is 5.92 Å². The zero-order valence-corrected chi connectivity index (χ0v) is 10.7. The zero-order chi connectivity index (χ0) is 12.3. The highest BCUT2D eigenvalue weighted by atomic mass is 79.9. The molecular formula is C12H13BrO3. The van der Waals surface area contributed by atoms with Crippen molar-refractivity contribution in [1.82, 2.24) is 0 Å². The van der Waals surface area contributed by atoms with Crippen LogP contribution >= 0.6 is 15.9 Å². The Morgan fingerprint density at radius 3 is 2.44 bits per heavy atom. The van der Waals surface area contributed by atoms with Gasteiger partial charge in [-0.3, -0.25) is 4.79 Å². The van der Waals surface area contributed by atoms with Gasteiger partial charge in [-0.05, 0) is 33.6 Å². The Balaban J connectivity index is 2.90. The molecule has 1 rings (SSSR count). The fourth-order valence-electron chi connectivity index (χ4n) is 1.25. The molecule has 1 N–H and O–H groups in total. The number of aromatic carboxylic acids is 1. The highest BCUT2D eigenvalue weighted by Gasteiger charge is 2.12. The van der Waals surface area contributed by atoms with Gasteiger partial charge < -0.3 is 5.11 Å². The molecular weight excluding hydrogens is 272 g/mol. The first-order valence-corrected chi connectivity index (χ1v) is 5.75. The van der Waals surface area contributed by atoms with Crippen LogP contribution in [0.25, 0.3) is 0 Å². The van der Waals surface area contributed by atoms with Crippen LogP contribution in [0.3, 0.4) is 0 Å². The number of carboxylic acids is 1. The highest BCUT2D eigenvalue weighted by molar-refractivity contribution is 9.10. The van der Waals surface area contributed by atoms with Crippen molar-refractivity contribution in [2.75, 3.05) is 0 Å². The van der Waals surface area contributed by atoms with E-state index >= 15 is 0 Å². The first kappa shape index (κ1) is 12.9. The van der Waals surface area contributed by atoms with E-state index < -0.39 is 5.97 Å². The minimum Gasteiger partial charge on any atom is -0.478 e. The highest BCUT2D eigenvalue weighted by Crippen LogP contribution is 2.19. The van der Waals surface area contributed by atoms with Crippen LogP contribution in [-0.2, 0) is 11.2 Å². The largest absolute Gasteiger partial charge is 0.478 e. The third-order valence-corrected chi connectivity index (χ3v) is 2.94. The maximum atomic E-state index is 11.5. The molecule has 0 fully saturated rings. The first-order valence-electron chi connectivity index (χ1n) is 4.96. The molecule has 1 aromatic carbocycles. The van der Waals surface area contributed by atoms with E-state index in [1.165, 1.54) is 6.07 Å². The number of halogens is 1. The molecule has 0 bridgehead atoms. The normalized spacial score (nSPS) is 10.5. The standard InChI is InChI=1S/C12H13BrO3/c1-7(2)11(14)6-8-3-4-9(12(15)16)10(13)5-8/h3-5,7H,6H2,1-2H3,(H,15,16). The molecule has 16 heavy (non-hydrogen) atoms. The summed E-state index contributed by atoms with van der Waals surface area (Å²) in [7, 11) is 0. The van der Waals surface area contributed by atoms with Gasteiger partial charge in [-0.15, -0.1) is 0 Å². The quantitative estimate of drug-likeness (QED) is 0.925. The second-order valence-corrected chi connectivity index (χ2v) is 4.77. The minimum absolute atomic E-state index is 0.00192. The predicted molar refractivity (Wildman–Crippen MR) is 64.7 cm³/mol. The van der Waals surface area contributed by atoms with Gasteiger partial charge in [0.15, 0.2) is 0 Å². The average Bonchev–Trinajstić information content (AvgIpc) is 2.16. The Morgan fingerprint density at radius 2 is 2.00 bits per heavy atom. The molecule has 3 nitrogen and oxygen atoms in total. The molecule has 1 aromatic rings. The van der Waals surface area contributed by atoms with E-state index in [1.807, 2.05) is 13.8 Å². The first-order chi connectivity index (χ1) is 7.41. The molecule has 86 valence electrons. The maximum absolute atomic E-state index is 11.5. The zero-order valence-electron chi connectivity index (χ0n) is 9.16. The summed E-state index contributed by atoms with van der Waals surface area (Å²) in [4.78, 5) is 22.3. The van der Waals surface area contributed by atoms with Gasteiger partial charge in [0.25, 0.3) is 0 Å². The Hall–Kier alpha value is -1.16. The molecule has 0 radical (unpaired) electrons. The van der Waals surface area contributed by atoms with E-state index in [0.717, 1.165) is 5.56 Å². The molecule has 0 aliphatic rings. The second-order valence-electron chi connectivity index (χ2n) is 3.92. The van der Waals surface area contributed by atoms with Crippen LogP contribution in [0.4, 0.5) is 0 Å². The molecule has 0 heterocycles. The van der Waals surface area contributed by atoms with Crippen molar-refractivity contribution in [2.45, 2.75) is 20.3 Å². The fourth-order valence-corrected chi connectivity index (χ4v) is 1.84. The lowest BCUT2D eigenvalue weighted by atomic mass is 10.0. The van der Waals surface area contributed by atoms with Gasteiger partial charge in [0.1, 0.15) is 5.78 Å². The van der Waals surface area contributed by atoms with Gasteiger partial charge in [0.05, 0.1) is 5.56 Å². The number of hydrogen-bond acceptors (Lipinski definition) is 2. The SMILES string of the molecule is CC(C)C(=O)Cc1ccc(C(=O)O)c(Br)c1. The van der Waals surface area contributed by atoms with Crippen molar-refractivity contribution >= 4 is 27.7 Å². The Morgan fingerprint density at radius 1 is 1.38 bits per heavy atom. The smallest absolute Gasteiger partial charge is 0.336 e. The van der Waals surface area contributed by atoms with Gasteiger partial charge in [-0.25, -0.2) is 4.79 Å². The topological polar surface area (TPSA) is 54.4 Å². The van der Waals surface area contributed by atoms with E-state index in [9.17, 15) is 9.59 Å². The number of hydrogen-bond donors (Lipinski definition) is 1. The third kappa shape index (κ3) is 3.17. The van der Waals surface area contributed by atoms with Gasteiger partial charge in [0.2, 0.25) is 0 Å². The van der Waals surface area contributed by atoms with E-state index in [0.29, 0.717) is 10.9 Å². The molecule has 0 amide bonds. The van der Waals surface area contributed by atoms with Crippen LogP contribution in [0.5, 0.6) is 0 Å². The minimum atomic E-state index is -0.978. The van der Waals surface area contributed by atoms with Crippen molar-refractivity contribution in [3.8, 4) is 0 Å². The van der Waals surface area contributed by atoms with Gasteiger partial charge in [-0.1, -0.05) is 19.9 Å². The van der Waals surface area contributed by atoms with E-state index in [-0.39, 0.29) is 17.3 Å². The van der Waals surface area contributed by atoms with Crippen LogP contribution in [0.2, 0.25) is 0 Å². The summed E-state index contributed by atoms with van der Waals surface area (Å²) in [6.07, 6.45) is 0.343. The number of ketones is 1. The van der Waals surface area contributed by atoms with Crippen molar-refractivity contribution in [1.29, 1.82) is 0 Å². The van der Waals surface area contributed by atoms with Gasteiger partial charge in [0, 0.05) is 16.8 Å². The summed E-state index contributed by atoms with van der Waals surface area (Å²) in [6.45, 7) is 3.70. The molecule has 0 saturated heterocycles. The fraction of sp³-hybridized carbons (Fsp3) is 0.333. The number of carboxylic acid groups (broad SMARTS) is 1. The molecule has 4 heteroatoms. The van der Waals surface area contributed by atoms with Crippen LogP contribution < -0.4 is 0 Å². The molecule has 0 unspecified atom stereocenters. The van der Waals surface area contributed by atoms with E-state index in [1.54, 1.807) is 12.1 Å². The summed E-state index contributed by atoms with van der Waals surface area (Å²) in [5, 5.41) is 8.83. The number of carbonyl (C=O) groups is 2. The molecule has 0 spiro atoms. The molecule has 0 atom stereocenters. The van der Waals surface area contributed by atoms with Gasteiger partial charge >= 0.3 is 5.97 Å². The van der Waals surface area contributed by atoms with Crippen molar-refractivity contribution in [3.05, 3.63) is 33.8 Å². The lowest BCUT2D eigenvalue weighted by molar-refractivity contribution is -0.121. The Labute approximate surface area is 103 Å².